The van der Waals surface area contributed by atoms with E-state index >= 15 is 0 Å². The Labute approximate surface area is 147 Å². The molecule has 0 aliphatic rings. The molecular weight excluding hydrogens is 346 g/mol. The zero-order valence-electron chi connectivity index (χ0n) is 14.4. The molecule has 0 saturated carbocycles. The second-order valence-electron chi connectivity index (χ2n) is 5.53. The number of benzene rings is 1. The first-order valence-electron chi connectivity index (χ1n) is 7.66. The molecule has 2 rings (SSSR count). The zero-order valence-corrected chi connectivity index (χ0v) is 15.2. The van der Waals surface area contributed by atoms with E-state index in [0.29, 0.717) is 0 Å². The van der Waals surface area contributed by atoms with Gasteiger partial charge >= 0.3 is 5.97 Å². The Morgan fingerprint density at radius 3 is 2.56 bits per heavy atom. The van der Waals surface area contributed by atoms with Crippen LogP contribution in [0, 0.1) is 6.92 Å². The van der Waals surface area contributed by atoms with Crippen molar-refractivity contribution in [2.75, 3.05) is 20.7 Å². The number of esters is 1. The Morgan fingerprint density at radius 2 is 1.88 bits per heavy atom. The molecule has 0 unspecified atom stereocenters. The largest absolute Gasteiger partial charge is 0.493 e. The Kier molecular flexibility index (Phi) is 6.22. The summed E-state index contributed by atoms with van der Waals surface area (Å²) in [6, 6.07) is 10.3. The topological polar surface area (TPSA) is 86.0 Å². The van der Waals surface area contributed by atoms with Crippen LogP contribution in [0.3, 0.4) is 0 Å². The van der Waals surface area contributed by atoms with Crippen LogP contribution in [0.2, 0.25) is 0 Å². The van der Waals surface area contributed by atoms with Gasteiger partial charge < -0.3 is 13.9 Å². The molecule has 0 radical (unpaired) electrons. The first-order valence-corrected chi connectivity index (χ1v) is 9.10. The van der Waals surface area contributed by atoms with Crippen LogP contribution in [0.15, 0.2) is 45.9 Å². The second kappa shape index (κ2) is 8.17. The van der Waals surface area contributed by atoms with Crippen molar-refractivity contribution in [1.29, 1.82) is 0 Å². The zero-order chi connectivity index (χ0) is 18.4. The summed E-state index contributed by atoms with van der Waals surface area (Å²) in [5.74, 6) is 0.524. The lowest BCUT2D eigenvalue weighted by molar-refractivity contribution is -0.146. The van der Waals surface area contributed by atoms with E-state index in [4.69, 9.17) is 13.9 Å². The smallest absolute Gasteiger partial charge is 0.309 e. The van der Waals surface area contributed by atoms with E-state index < -0.39 is 16.0 Å². The maximum absolute atomic E-state index is 11.9. The average molecular weight is 367 g/mol. The van der Waals surface area contributed by atoms with Crippen molar-refractivity contribution >= 4 is 16.0 Å². The van der Waals surface area contributed by atoms with Gasteiger partial charge in [-0.05, 0) is 30.7 Å². The van der Waals surface area contributed by atoms with Crippen molar-refractivity contribution in [2.24, 2.45) is 0 Å². The molecule has 0 bridgehead atoms. The minimum Gasteiger partial charge on any atom is -0.493 e. The normalized spacial score (nSPS) is 11.5. The van der Waals surface area contributed by atoms with Gasteiger partial charge in [0.1, 0.15) is 18.1 Å². The van der Waals surface area contributed by atoms with Gasteiger partial charge in [-0.1, -0.05) is 18.2 Å². The molecule has 0 N–H and O–H groups in total. The summed E-state index contributed by atoms with van der Waals surface area (Å²) >= 11 is 0. The van der Waals surface area contributed by atoms with Crippen LogP contribution < -0.4 is 4.74 Å². The van der Waals surface area contributed by atoms with Gasteiger partial charge in [0.2, 0.25) is 5.09 Å². The van der Waals surface area contributed by atoms with Gasteiger partial charge in [0, 0.05) is 14.1 Å². The van der Waals surface area contributed by atoms with Crippen molar-refractivity contribution < 1.29 is 27.1 Å². The van der Waals surface area contributed by atoms with Crippen LogP contribution in [-0.2, 0) is 26.2 Å². The standard InChI is InChI=1S/C17H21NO6S/c1-13-6-4-5-7-15(13)22-11-10-16(19)23-12-14-8-9-17(24-14)25(20,21)18(2)3/h4-9H,10-12H2,1-3H3. The average Bonchev–Trinajstić information content (AvgIpc) is 3.04. The second-order valence-corrected chi connectivity index (χ2v) is 7.62. The number of aryl methyl sites for hydroxylation is 1. The highest BCUT2D eigenvalue weighted by molar-refractivity contribution is 7.88. The fourth-order valence-corrected chi connectivity index (χ4v) is 2.75. The molecule has 25 heavy (non-hydrogen) atoms. The lowest BCUT2D eigenvalue weighted by Crippen LogP contribution is -2.21. The third-order valence-corrected chi connectivity index (χ3v) is 5.09. The third kappa shape index (κ3) is 5.07. The van der Waals surface area contributed by atoms with Crippen LogP contribution in [-0.4, -0.2) is 39.4 Å². The maximum atomic E-state index is 11.9. The van der Waals surface area contributed by atoms with Crippen molar-refractivity contribution in [1.82, 2.24) is 4.31 Å². The lowest BCUT2D eigenvalue weighted by Gasteiger charge is -2.09. The summed E-state index contributed by atoms with van der Waals surface area (Å²) in [5.41, 5.74) is 0.987. The van der Waals surface area contributed by atoms with E-state index in [9.17, 15) is 13.2 Å². The summed E-state index contributed by atoms with van der Waals surface area (Å²) in [4.78, 5) is 11.7. The fraction of sp³-hybridized carbons (Fsp3) is 0.353. The molecule has 7 nitrogen and oxygen atoms in total. The van der Waals surface area contributed by atoms with Crippen molar-refractivity contribution in [3.8, 4) is 5.75 Å². The van der Waals surface area contributed by atoms with E-state index in [0.717, 1.165) is 15.6 Å². The first-order chi connectivity index (χ1) is 11.8. The Balaban J connectivity index is 1.79. The highest BCUT2D eigenvalue weighted by atomic mass is 32.2. The van der Waals surface area contributed by atoms with Gasteiger partial charge in [-0.3, -0.25) is 4.79 Å². The van der Waals surface area contributed by atoms with Crippen molar-refractivity contribution in [3.63, 3.8) is 0 Å². The van der Waals surface area contributed by atoms with Gasteiger partial charge in [0.05, 0.1) is 13.0 Å². The quantitative estimate of drug-likeness (QED) is 0.666. The number of sulfonamides is 1. The van der Waals surface area contributed by atoms with E-state index in [1.165, 1.54) is 26.2 Å². The predicted molar refractivity (Wildman–Crippen MR) is 90.7 cm³/mol. The molecule has 0 aliphatic heterocycles. The van der Waals surface area contributed by atoms with Gasteiger partial charge in [0.15, 0.2) is 0 Å². The number of para-hydroxylation sites is 1. The molecule has 0 saturated heterocycles. The highest BCUT2D eigenvalue weighted by Gasteiger charge is 2.21. The first kappa shape index (κ1) is 19.0. The minimum atomic E-state index is -3.64. The van der Waals surface area contributed by atoms with E-state index in [-0.39, 0.29) is 30.5 Å². The molecule has 0 aliphatic carbocycles. The summed E-state index contributed by atoms with van der Waals surface area (Å²) in [5, 5.41) is -0.188. The predicted octanol–water partition coefficient (Wildman–Crippen LogP) is 2.35. The molecule has 0 fully saturated rings. The maximum Gasteiger partial charge on any atom is 0.309 e. The van der Waals surface area contributed by atoms with Crippen molar-refractivity contribution in [3.05, 3.63) is 47.7 Å². The summed E-state index contributed by atoms with van der Waals surface area (Å²) < 4.78 is 40.6. The molecular formula is C17H21NO6S. The molecule has 1 aromatic heterocycles. The van der Waals surface area contributed by atoms with Gasteiger partial charge in [0.25, 0.3) is 10.0 Å². The molecule has 8 heteroatoms. The van der Waals surface area contributed by atoms with Crippen LogP contribution in [0.5, 0.6) is 5.75 Å². The Bertz CT molecular complexity index is 825. The van der Waals surface area contributed by atoms with Crippen LogP contribution in [0.25, 0.3) is 0 Å². The Morgan fingerprint density at radius 1 is 1.16 bits per heavy atom. The van der Waals surface area contributed by atoms with Crippen molar-refractivity contribution in [2.45, 2.75) is 25.0 Å². The van der Waals surface area contributed by atoms with Gasteiger partial charge in [-0.2, -0.15) is 0 Å². The van der Waals surface area contributed by atoms with Gasteiger partial charge in [-0.25, -0.2) is 12.7 Å². The number of ether oxygens (including phenoxy) is 2. The molecule has 0 atom stereocenters. The highest BCUT2D eigenvalue weighted by Crippen LogP contribution is 2.18. The van der Waals surface area contributed by atoms with Crippen LogP contribution in [0.4, 0.5) is 0 Å². The summed E-state index contributed by atoms with van der Waals surface area (Å²) in [7, 11) is -0.820. The molecule has 1 aromatic carbocycles. The minimum absolute atomic E-state index is 0.0812. The van der Waals surface area contributed by atoms with E-state index in [1.54, 1.807) is 0 Å². The van der Waals surface area contributed by atoms with Crippen LogP contribution in [0.1, 0.15) is 17.7 Å². The SMILES string of the molecule is Cc1ccccc1OCCC(=O)OCc1ccc(S(=O)(=O)N(C)C)o1. The monoisotopic (exact) mass is 367 g/mol. The number of furan rings is 1. The number of carbonyl (C=O) groups excluding carboxylic acids is 1. The number of carbonyl (C=O) groups is 1. The Hall–Kier alpha value is -2.32. The number of nitrogens with zero attached hydrogens (tertiary/aromatic N) is 1. The van der Waals surface area contributed by atoms with E-state index in [1.807, 2.05) is 31.2 Å². The number of rotatable bonds is 8. The number of hydrogen-bond donors (Lipinski definition) is 0. The molecule has 2 aromatic rings. The molecule has 136 valence electrons. The lowest BCUT2D eigenvalue weighted by atomic mass is 10.2. The van der Waals surface area contributed by atoms with Gasteiger partial charge in [-0.15, -0.1) is 0 Å². The third-order valence-electron chi connectivity index (χ3n) is 3.40. The number of hydrogen-bond acceptors (Lipinski definition) is 6. The molecule has 1 heterocycles. The van der Waals surface area contributed by atoms with E-state index in [2.05, 4.69) is 0 Å². The fourth-order valence-electron chi connectivity index (χ4n) is 1.94. The molecule has 0 spiro atoms. The summed E-state index contributed by atoms with van der Waals surface area (Å²) in [6.45, 7) is 1.98. The summed E-state index contributed by atoms with van der Waals surface area (Å²) in [6.07, 6.45) is 0.0812. The van der Waals surface area contributed by atoms with Crippen LogP contribution >= 0.6 is 0 Å². The molecule has 0 amide bonds.